The van der Waals surface area contributed by atoms with E-state index in [1.807, 2.05) is 0 Å². The van der Waals surface area contributed by atoms with E-state index in [4.69, 9.17) is 4.74 Å². The Bertz CT molecular complexity index is 134. The quantitative estimate of drug-likeness (QED) is 0.558. The first-order chi connectivity index (χ1) is 5.36. The largest absolute Gasteiger partial charge is 0.373 e. The summed E-state index contributed by atoms with van der Waals surface area (Å²) in [5.74, 6) is 0. The zero-order chi connectivity index (χ0) is 7.68. The van der Waals surface area contributed by atoms with Crippen molar-refractivity contribution in [1.82, 2.24) is 4.90 Å². The minimum absolute atomic E-state index is 0.612. The molecule has 0 aliphatic carbocycles. The minimum Gasteiger partial charge on any atom is -0.373 e. The zero-order valence-electron chi connectivity index (χ0n) is 7.25. The molecule has 2 heterocycles. The molecule has 2 aliphatic rings. The molecule has 2 rings (SSSR count). The maximum atomic E-state index is 5.23. The number of epoxide rings is 1. The van der Waals surface area contributed by atoms with Gasteiger partial charge in [-0.3, -0.25) is 0 Å². The smallest absolute Gasteiger partial charge is 0.0824 e. The lowest BCUT2D eigenvalue weighted by Crippen LogP contribution is -2.37. The van der Waals surface area contributed by atoms with Crippen molar-refractivity contribution in [2.24, 2.45) is 0 Å². The summed E-state index contributed by atoms with van der Waals surface area (Å²) in [6, 6.07) is 0.816. The number of likely N-dealkylation sites (tertiary alicyclic amines) is 1. The third kappa shape index (κ3) is 1.94. The van der Waals surface area contributed by atoms with E-state index in [9.17, 15) is 0 Å². The summed E-state index contributed by atoms with van der Waals surface area (Å²) in [5.41, 5.74) is 0. The second-order valence-electron chi connectivity index (χ2n) is 3.82. The average Bonchev–Trinajstić information content (AvgIpc) is 2.78. The number of nitrogens with zero attached hydrogens (tertiary/aromatic N) is 1. The summed E-state index contributed by atoms with van der Waals surface area (Å²) in [6.45, 7) is 2.31. The van der Waals surface area contributed by atoms with Gasteiger partial charge in [-0.2, -0.15) is 0 Å². The first-order valence-corrected chi connectivity index (χ1v) is 4.68. The van der Waals surface area contributed by atoms with Crippen LogP contribution in [0.4, 0.5) is 0 Å². The second-order valence-corrected chi connectivity index (χ2v) is 3.82. The Kier molecular flexibility index (Phi) is 2.14. The Morgan fingerprint density at radius 1 is 1.45 bits per heavy atom. The standard InChI is InChI=1S/C9H17NO/c1-10-5-3-2-4-8(10)6-9-7-11-9/h8-9H,2-7H2,1H3. The molecular weight excluding hydrogens is 138 g/mol. The van der Waals surface area contributed by atoms with Gasteiger partial charge in [-0.15, -0.1) is 0 Å². The number of rotatable bonds is 2. The van der Waals surface area contributed by atoms with Crippen molar-refractivity contribution in [2.75, 3.05) is 20.2 Å². The number of hydrogen-bond donors (Lipinski definition) is 0. The zero-order valence-corrected chi connectivity index (χ0v) is 7.25. The fraction of sp³-hybridized carbons (Fsp3) is 1.00. The molecule has 2 heteroatoms. The van der Waals surface area contributed by atoms with Gasteiger partial charge in [0.2, 0.25) is 0 Å². The van der Waals surface area contributed by atoms with E-state index < -0.39 is 0 Å². The van der Waals surface area contributed by atoms with E-state index in [1.165, 1.54) is 32.2 Å². The minimum atomic E-state index is 0.612. The monoisotopic (exact) mass is 155 g/mol. The van der Waals surface area contributed by atoms with E-state index in [0.717, 1.165) is 12.6 Å². The molecule has 64 valence electrons. The maximum absolute atomic E-state index is 5.23. The highest BCUT2D eigenvalue weighted by Crippen LogP contribution is 2.24. The van der Waals surface area contributed by atoms with Gasteiger partial charge in [-0.05, 0) is 32.9 Å². The van der Waals surface area contributed by atoms with Crippen LogP contribution in [0.25, 0.3) is 0 Å². The molecule has 0 N–H and O–H groups in total. The number of ether oxygens (including phenoxy) is 1. The first kappa shape index (κ1) is 7.56. The third-order valence-corrected chi connectivity index (χ3v) is 2.86. The van der Waals surface area contributed by atoms with Crippen molar-refractivity contribution < 1.29 is 4.74 Å². The van der Waals surface area contributed by atoms with Crippen LogP contribution in [0, 0.1) is 0 Å². The number of hydrogen-bond acceptors (Lipinski definition) is 2. The predicted molar refractivity (Wildman–Crippen MR) is 44.6 cm³/mol. The summed E-state index contributed by atoms with van der Waals surface area (Å²) in [5, 5.41) is 0. The Labute approximate surface area is 68.5 Å². The van der Waals surface area contributed by atoms with Gasteiger partial charge >= 0.3 is 0 Å². The van der Waals surface area contributed by atoms with Crippen LogP contribution in [0.5, 0.6) is 0 Å². The molecule has 0 amide bonds. The lowest BCUT2D eigenvalue weighted by Gasteiger charge is -2.31. The summed E-state index contributed by atoms with van der Waals surface area (Å²) < 4.78 is 5.23. The molecule has 2 saturated heterocycles. The van der Waals surface area contributed by atoms with Gasteiger partial charge in [-0.1, -0.05) is 6.42 Å². The van der Waals surface area contributed by atoms with E-state index in [0.29, 0.717) is 6.10 Å². The van der Waals surface area contributed by atoms with E-state index in [-0.39, 0.29) is 0 Å². The lowest BCUT2D eigenvalue weighted by atomic mass is 9.99. The predicted octanol–water partition coefficient (Wildman–Crippen LogP) is 1.26. The molecule has 2 aliphatic heterocycles. The van der Waals surface area contributed by atoms with Gasteiger partial charge in [0.25, 0.3) is 0 Å². The molecule has 0 aromatic heterocycles. The Morgan fingerprint density at radius 2 is 2.27 bits per heavy atom. The molecule has 0 bridgehead atoms. The molecule has 0 saturated carbocycles. The molecule has 0 spiro atoms. The van der Waals surface area contributed by atoms with Crippen LogP contribution < -0.4 is 0 Å². The molecule has 11 heavy (non-hydrogen) atoms. The van der Waals surface area contributed by atoms with Gasteiger partial charge < -0.3 is 9.64 Å². The van der Waals surface area contributed by atoms with Gasteiger partial charge in [0.05, 0.1) is 12.7 Å². The van der Waals surface area contributed by atoms with Crippen molar-refractivity contribution in [3.63, 3.8) is 0 Å². The molecule has 2 atom stereocenters. The Hall–Kier alpha value is -0.0800. The van der Waals surface area contributed by atoms with Gasteiger partial charge in [0.1, 0.15) is 0 Å². The van der Waals surface area contributed by atoms with Crippen LogP contribution in [0.2, 0.25) is 0 Å². The maximum Gasteiger partial charge on any atom is 0.0824 e. The SMILES string of the molecule is CN1CCCCC1CC1CO1. The van der Waals surface area contributed by atoms with Gasteiger partial charge in [0.15, 0.2) is 0 Å². The highest BCUT2D eigenvalue weighted by atomic mass is 16.6. The van der Waals surface area contributed by atoms with Crippen molar-refractivity contribution in [3.8, 4) is 0 Å². The first-order valence-electron chi connectivity index (χ1n) is 4.68. The average molecular weight is 155 g/mol. The highest BCUT2D eigenvalue weighted by Gasteiger charge is 2.29. The van der Waals surface area contributed by atoms with Crippen LogP contribution in [0.15, 0.2) is 0 Å². The van der Waals surface area contributed by atoms with Crippen molar-refractivity contribution in [1.29, 1.82) is 0 Å². The lowest BCUT2D eigenvalue weighted by molar-refractivity contribution is 0.165. The summed E-state index contributed by atoms with van der Waals surface area (Å²) in [6.07, 6.45) is 6.08. The fourth-order valence-corrected chi connectivity index (χ4v) is 1.95. The van der Waals surface area contributed by atoms with E-state index in [1.54, 1.807) is 0 Å². The van der Waals surface area contributed by atoms with Crippen LogP contribution in [-0.4, -0.2) is 37.2 Å². The number of piperidine rings is 1. The third-order valence-electron chi connectivity index (χ3n) is 2.86. The van der Waals surface area contributed by atoms with E-state index >= 15 is 0 Å². The molecule has 0 aromatic rings. The molecule has 2 nitrogen and oxygen atoms in total. The van der Waals surface area contributed by atoms with E-state index in [2.05, 4.69) is 11.9 Å². The van der Waals surface area contributed by atoms with Crippen molar-refractivity contribution in [3.05, 3.63) is 0 Å². The van der Waals surface area contributed by atoms with Gasteiger partial charge in [-0.25, -0.2) is 0 Å². The fourth-order valence-electron chi connectivity index (χ4n) is 1.95. The summed E-state index contributed by atoms with van der Waals surface area (Å²) in [4.78, 5) is 2.49. The van der Waals surface area contributed by atoms with Gasteiger partial charge in [0, 0.05) is 6.04 Å². The molecule has 0 radical (unpaired) electrons. The van der Waals surface area contributed by atoms with Crippen molar-refractivity contribution >= 4 is 0 Å². The summed E-state index contributed by atoms with van der Waals surface area (Å²) in [7, 11) is 2.24. The Balaban J connectivity index is 1.78. The Morgan fingerprint density at radius 3 is 2.91 bits per heavy atom. The van der Waals surface area contributed by atoms with Crippen molar-refractivity contribution in [2.45, 2.75) is 37.8 Å². The molecule has 2 fully saturated rings. The topological polar surface area (TPSA) is 15.8 Å². The van der Waals surface area contributed by atoms with Crippen LogP contribution in [0.3, 0.4) is 0 Å². The summed E-state index contributed by atoms with van der Waals surface area (Å²) >= 11 is 0. The van der Waals surface area contributed by atoms with Crippen LogP contribution in [0.1, 0.15) is 25.7 Å². The van der Waals surface area contributed by atoms with Crippen LogP contribution in [-0.2, 0) is 4.74 Å². The molecular formula is C9H17NO. The molecule has 2 unspecified atom stereocenters. The molecule has 0 aromatic carbocycles. The van der Waals surface area contributed by atoms with Crippen LogP contribution >= 0.6 is 0 Å². The second kappa shape index (κ2) is 3.11. The highest BCUT2D eigenvalue weighted by molar-refractivity contribution is 4.81. The normalized spacial score (nSPS) is 39.0.